The van der Waals surface area contributed by atoms with E-state index in [9.17, 15) is 0 Å². The van der Waals surface area contributed by atoms with Gasteiger partial charge in [0.1, 0.15) is 11.9 Å². The lowest BCUT2D eigenvalue weighted by Gasteiger charge is -2.20. The van der Waals surface area contributed by atoms with Crippen molar-refractivity contribution >= 4 is 0 Å². The highest BCUT2D eigenvalue weighted by atomic mass is 16.5. The average Bonchev–Trinajstić information content (AvgIpc) is 2.54. The fourth-order valence-corrected chi connectivity index (χ4v) is 2.26. The van der Waals surface area contributed by atoms with Gasteiger partial charge in [0.15, 0.2) is 0 Å². The van der Waals surface area contributed by atoms with E-state index in [-0.39, 0.29) is 12.7 Å². The van der Waals surface area contributed by atoms with Gasteiger partial charge in [0, 0.05) is 13.0 Å². The summed E-state index contributed by atoms with van der Waals surface area (Å²) >= 11 is 0. The van der Waals surface area contributed by atoms with Gasteiger partial charge in [-0.05, 0) is 43.3 Å². The summed E-state index contributed by atoms with van der Waals surface area (Å²) in [4.78, 5) is 0. The zero-order chi connectivity index (χ0) is 14.9. The topological polar surface area (TPSA) is 41.5 Å². The molecule has 2 aromatic rings. The fraction of sp³-hybridized carbons (Fsp3) is 0.333. The SMILES string of the molecule is CNCC[C@H](Oc1ccc(CCO)cc1)c1ccccc1. The number of hydrogen-bond donors (Lipinski definition) is 2. The summed E-state index contributed by atoms with van der Waals surface area (Å²) in [7, 11) is 1.95. The Bertz CT molecular complexity index is 511. The standard InChI is InChI=1S/C18H23NO2/c1-19-13-11-18(16-5-3-2-4-6-16)21-17-9-7-15(8-10-17)12-14-20/h2-10,18-20H,11-14H2,1H3/t18-/m0/s1. The van der Waals surface area contributed by atoms with E-state index in [4.69, 9.17) is 9.84 Å². The maximum absolute atomic E-state index is 8.94. The Balaban J connectivity index is 2.07. The van der Waals surface area contributed by atoms with Crippen molar-refractivity contribution in [2.45, 2.75) is 18.9 Å². The number of aliphatic hydroxyl groups excluding tert-OH is 1. The second kappa shape index (κ2) is 8.45. The molecule has 0 amide bonds. The second-order valence-electron chi connectivity index (χ2n) is 5.03. The summed E-state index contributed by atoms with van der Waals surface area (Å²) in [6.45, 7) is 1.08. The van der Waals surface area contributed by atoms with Crippen molar-refractivity contribution in [3.8, 4) is 5.75 Å². The fourth-order valence-electron chi connectivity index (χ4n) is 2.26. The van der Waals surface area contributed by atoms with Crippen LogP contribution in [0.1, 0.15) is 23.7 Å². The molecule has 2 N–H and O–H groups in total. The van der Waals surface area contributed by atoms with Crippen molar-refractivity contribution in [3.63, 3.8) is 0 Å². The Morgan fingerprint density at radius 1 is 1.05 bits per heavy atom. The lowest BCUT2D eigenvalue weighted by Crippen LogP contribution is -2.16. The molecule has 0 radical (unpaired) electrons. The highest BCUT2D eigenvalue weighted by Gasteiger charge is 2.12. The van der Waals surface area contributed by atoms with Gasteiger partial charge in [-0.25, -0.2) is 0 Å². The van der Waals surface area contributed by atoms with Crippen LogP contribution in [0.5, 0.6) is 5.75 Å². The minimum atomic E-state index is 0.0438. The minimum absolute atomic E-state index is 0.0438. The average molecular weight is 285 g/mol. The molecule has 0 spiro atoms. The Hall–Kier alpha value is -1.84. The van der Waals surface area contributed by atoms with Crippen LogP contribution in [0.4, 0.5) is 0 Å². The smallest absolute Gasteiger partial charge is 0.125 e. The van der Waals surface area contributed by atoms with E-state index in [2.05, 4.69) is 17.4 Å². The molecule has 0 saturated carbocycles. The highest BCUT2D eigenvalue weighted by Crippen LogP contribution is 2.24. The Labute approximate surface area is 126 Å². The van der Waals surface area contributed by atoms with Gasteiger partial charge in [-0.2, -0.15) is 0 Å². The number of hydrogen-bond acceptors (Lipinski definition) is 3. The van der Waals surface area contributed by atoms with Gasteiger partial charge in [0.25, 0.3) is 0 Å². The number of ether oxygens (including phenoxy) is 1. The first-order valence-corrected chi connectivity index (χ1v) is 7.39. The lowest BCUT2D eigenvalue weighted by molar-refractivity contribution is 0.195. The number of benzene rings is 2. The molecule has 0 heterocycles. The zero-order valence-electron chi connectivity index (χ0n) is 12.5. The van der Waals surface area contributed by atoms with E-state index in [0.717, 1.165) is 24.3 Å². The predicted octanol–water partition coefficient (Wildman–Crippen LogP) is 2.95. The number of nitrogens with one attached hydrogen (secondary N) is 1. The van der Waals surface area contributed by atoms with E-state index in [1.807, 2.05) is 49.5 Å². The molecular weight excluding hydrogens is 262 g/mol. The molecule has 0 aliphatic carbocycles. The van der Waals surface area contributed by atoms with Gasteiger partial charge in [-0.15, -0.1) is 0 Å². The zero-order valence-corrected chi connectivity index (χ0v) is 12.5. The molecule has 0 fully saturated rings. The van der Waals surface area contributed by atoms with Crippen LogP contribution < -0.4 is 10.1 Å². The van der Waals surface area contributed by atoms with E-state index in [1.165, 1.54) is 5.56 Å². The molecule has 0 bridgehead atoms. The first-order chi connectivity index (χ1) is 10.3. The molecule has 3 nitrogen and oxygen atoms in total. The van der Waals surface area contributed by atoms with Crippen molar-refractivity contribution in [3.05, 3.63) is 65.7 Å². The molecule has 0 unspecified atom stereocenters. The molecule has 1 atom stereocenters. The van der Waals surface area contributed by atoms with Gasteiger partial charge >= 0.3 is 0 Å². The summed E-state index contributed by atoms with van der Waals surface area (Å²) in [5.41, 5.74) is 2.31. The molecule has 2 aromatic carbocycles. The van der Waals surface area contributed by atoms with Crippen LogP contribution in [0.2, 0.25) is 0 Å². The predicted molar refractivity (Wildman–Crippen MR) is 85.6 cm³/mol. The maximum atomic E-state index is 8.94. The van der Waals surface area contributed by atoms with Gasteiger partial charge in [-0.3, -0.25) is 0 Å². The summed E-state index contributed by atoms with van der Waals surface area (Å²) in [6, 6.07) is 18.2. The van der Waals surface area contributed by atoms with Crippen LogP contribution in [0.15, 0.2) is 54.6 Å². The molecule has 112 valence electrons. The molecule has 0 saturated heterocycles. The molecule has 21 heavy (non-hydrogen) atoms. The first-order valence-electron chi connectivity index (χ1n) is 7.39. The summed E-state index contributed by atoms with van der Waals surface area (Å²) in [5.74, 6) is 0.863. The molecule has 0 aliphatic rings. The van der Waals surface area contributed by atoms with Crippen molar-refractivity contribution in [1.82, 2.24) is 5.32 Å². The summed E-state index contributed by atoms with van der Waals surface area (Å²) < 4.78 is 6.13. The molecule has 3 heteroatoms. The number of aliphatic hydroxyl groups is 1. The largest absolute Gasteiger partial charge is 0.486 e. The van der Waals surface area contributed by atoms with E-state index >= 15 is 0 Å². The van der Waals surface area contributed by atoms with Crippen LogP contribution in [-0.2, 0) is 6.42 Å². The Morgan fingerprint density at radius 3 is 2.38 bits per heavy atom. The summed E-state index contributed by atoms with van der Waals surface area (Å²) in [6.07, 6.45) is 1.64. The number of rotatable bonds is 8. The van der Waals surface area contributed by atoms with Gasteiger partial charge < -0.3 is 15.2 Å². The molecule has 0 aliphatic heterocycles. The third-order valence-corrected chi connectivity index (χ3v) is 3.43. The van der Waals surface area contributed by atoms with Crippen molar-refractivity contribution in [1.29, 1.82) is 0 Å². The lowest BCUT2D eigenvalue weighted by atomic mass is 10.1. The molecule has 0 aromatic heterocycles. The van der Waals surface area contributed by atoms with Gasteiger partial charge in [0.2, 0.25) is 0 Å². The van der Waals surface area contributed by atoms with Crippen molar-refractivity contribution in [2.24, 2.45) is 0 Å². The molecule has 2 rings (SSSR count). The quantitative estimate of drug-likeness (QED) is 0.783. The summed E-state index contributed by atoms with van der Waals surface area (Å²) in [5, 5.41) is 12.1. The van der Waals surface area contributed by atoms with Gasteiger partial charge in [0.05, 0.1) is 0 Å². The van der Waals surface area contributed by atoms with Crippen LogP contribution in [0, 0.1) is 0 Å². The molecular formula is C18H23NO2. The van der Waals surface area contributed by atoms with Crippen molar-refractivity contribution in [2.75, 3.05) is 20.2 Å². The van der Waals surface area contributed by atoms with Gasteiger partial charge in [-0.1, -0.05) is 42.5 Å². The third kappa shape index (κ3) is 4.88. The first kappa shape index (κ1) is 15.5. The van der Waals surface area contributed by atoms with Crippen molar-refractivity contribution < 1.29 is 9.84 Å². The van der Waals surface area contributed by atoms with E-state index < -0.39 is 0 Å². The maximum Gasteiger partial charge on any atom is 0.125 e. The normalized spacial score (nSPS) is 12.1. The van der Waals surface area contributed by atoms with E-state index in [0.29, 0.717) is 6.42 Å². The van der Waals surface area contributed by atoms with Crippen LogP contribution in [-0.4, -0.2) is 25.3 Å². The third-order valence-electron chi connectivity index (χ3n) is 3.43. The Kier molecular flexibility index (Phi) is 6.25. The van der Waals surface area contributed by atoms with Crippen LogP contribution >= 0.6 is 0 Å². The monoisotopic (exact) mass is 285 g/mol. The highest BCUT2D eigenvalue weighted by molar-refractivity contribution is 5.29. The van der Waals surface area contributed by atoms with E-state index in [1.54, 1.807) is 0 Å². The second-order valence-corrected chi connectivity index (χ2v) is 5.03. The minimum Gasteiger partial charge on any atom is -0.486 e. The Morgan fingerprint density at radius 2 is 1.76 bits per heavy atom. The van der Waals surface area contributed by atoms with Crippen LogP contribution in [0.3, 0.4) is 0 Å². The van der Waals surface area contributed by atoms with Crippen LogP contribution in [0.25, 0.3) is 0 Å².